The van der Waals surface area contributed by atoms with Crippen molar-refractivity contribution >= 4 is 34.5 Å². The summed E-state index contributed by atoms with van der Waals surface area (Å²) in [6, 6.07) is 0. The number of hydrogen-bond donors (Lipinski definition) is 0. The molecule has 0 saturated heterocycles. The van der Waals surface area contributed by atoms with Gasteiger partial charge in [0.1, 0.15) is 0 Å². The van der Waals surface area contributed by atoms with Crippen LogP contribution in [0.3, 0.4) is 0 Å². The molecule has 0 heterocycles. The standard InChI is InChI=1S/C9H15IO4/c1-3-13-8(11)7(5-6-10)9(12)14-4-2/h7H,3-6H2,1-2H3. The molecule has 14 heavy (non-hydrogen) atoms. The van der Waals surface area contributed by atoms with Crippen molar-refractivity contribution in [2.45, 2.75) is 20.3 Å². The highest BCUT2D eigenvalue weighted by Crippen LogP contribution is 2.10. The average molecular weight is 314 g/mol. The molecule has 82 valence electrons. The Hall–Kier alpha value is -0.330. The lowest BCUT2D eigenvalue weighted by molar-refractivity contribution is -0.161. The number of rotatable bonds is 6. The highest BCUT2D eigenvalue weighted by molar-refractivity contribution is 14.1. The number of carbonyl (C=O) groups excluding carboxylic acids is 2. The molecular formula is C9H15IO4. The summed E-state index contributed by atoms with van der Waals surface area (Å²) in [5.74, 6) is -1.72. The van der Waals surface area contributed by atoms with Crippen LogP contribution in [-0.2, 0) is 19.1 Å². The van der Waals surface area contributed by atoms with Gasteiger partial charge in [0.05, 0.1) is 13.2 Å². The van der Waals surface area contributed by atoms with Crippen molar-refractivity contribution in [1.29, 1.82) is 0 Å². The highest BCUT2D eigenvalue weighted by Gasteiger charge is 2.28. The van der Waals surface area contributed by atoms with Gasteiger partial charge < -0.3 is 9.47 Å². The van der Waals surface area contributed by atoms with Gasteiger partial charge in [-0.15, -0.1) is 0 Å². The topological polar surface area (TPSA) is 52.6 Å². The number of carbonyl (C=O) groups is 2. The Morgan fingerprint density at radius 2 is 1.57 bits per heavy atom. The van der Waals surface area contributed by atoms with Crippen molar-refractivity contribution in [2.75, 3.05) is 17.6 Å². The van der Waals surface area contributed by atoms with E-state index in [1.54, 1.807) is 13.8 Å². The maximum Gasteiger partial charge on any atom is 0.320 e. The summed E-state index contributed by atoms with van der Waals surface area (Å²) in [5, 5.41) is 0. The zero-order chi connectivity index (χ0) is 11.0. The molecule has 0 unspecified atom stereocenters. The Morgan fingerprint density at radius 1 is 1.14 bits per heavy atom. The molecule has 0 saturated carbocycles. The van der Waals surface area contributed by atoms with Crippen LogP contribution >= 0.6 is 22.6 Å². The van der Waals surface area contributed by atoms with Crippen LogP contribution in [0.2, 0.25) is 0 Å². The zero-order valence-electron chi connectivity index (χ0n) is 8.42. The largest absolute Gasteiger partial charge is 0.465 e. The molecule has 5 heteroatoms. The van der Waals surface area contributed by atoms with Gasteiger partial charge in [0.15, 0.2) is 5.92 Å². The summed E-state index contributed by atoms with van der Waals surface area (Å²) >= 11 is 2.11. The minimum atomic E-state index is -0.758. The van der Waals surface area contributed by atoms with Crippen LogP contribution in [0.15, 0.2) is 0 Å². The van der Waals surface area contributed by atoms with Gasteiger partial charge in [0, 0.05) is 4.43 Å². The molecule has 0 aliphatic carbocycles. The molecule has 0 aromatic rings. The summed E-state index contributed by atoms with van der Waals surface area (Å²) in [6.45, 7) is 4.00. The molecule has 0 N–H and O–H groups in total. The van der Waals surface area contributed by atoms with Gasteiger partial charge in [-0.3, -0.25) is 9.59 Å². The van der Waals surface area contributed by atoms with E-state index >= 15 is 0 Å². The van der Waals surface area contributed by atoms with E-state index in [0.717, 1.165) is 4.43 Å². The van der Waals surface area contributed by atoms with Crippen LogP contribution in [-0.4, -0.2) is 29.6 Å². The second-order valence-electron chi connectivity index (χ2n) is 2.53. The fourth-order valence-corrected chi connectivity index (χ4v) is 1.55. The molecule has 0 amide bonds. The lowest BCUT2D eigenvalue weighted by Gasteiger charge is -2.12. The van der Waals surface area contributed by atoms with Gasteiger partial charge in [0.2, 0.25) is 0 Å². The first-order valence-electron chi connectivity index (χ1n) is 4.56. The van der Waals surface area contributed by atoms with Crippen LogP contribution in [0.1, 0.15) is 20.3 Å². The Balaban J connectivity index is 4.25. The fraction of sp³-hybridized carbons (Fsp3) is 0.778. The normalized spacial score (nSPS) is 10.0. The number of hydrogen-bond acceptors (Lipinski definition) is 4. The molecule has 0 bridgehead atoms. The molecule has 0 spiro atoms. The first kappa shape index (κ1) is 13.7. The Bertz CT molecular complexity index is 175. The summed E-state index contributed by atoms with van der Waals surface area (Å²) in [7, 11) is 0. The van der Waals surface area contributed by atoms with Gasteiger partial charge in [-0.25, -0.2) is 0 Å². The second kappa shape index (κ2) is 8.02. The summed E-state index contributed by atoms with van der Waals surface area (Å²) < 4.78 is 10.3. The average Bonchev–Trinajstić information content (AvgIpc) is 2.14. The Labute approximate surface area is 97.5 Å². The van der Waals surface area contributed by atoms with Crippen LogP contribution in [0.25, 0.3) is 0 Å². The van der Waals surface area contributed by atoms with Gasteiger partial charge in [-0.2, -0.15) is 0 Å². The van der Waals surface area contributed by atoms with Crippen molar-refractivity contribution in [3.8, 4) is 0 Å². The molecule has 0 fully saturated rings. The summed E-state index contributed by atoms with van der Waals surface area (Å²) in [5.41, 5.74) is 0. The predicted molar refractivity (Wildman–Crippen MR) is 60.3 cm³/mol. The van der Waals surface area contributed by atoms with Gasteiger partial charge in [-0.1, -0.05) is 22.6 Å². The number of esters is 2. The Morgan fingerprint density at radius 3 is 1.86 bits per heavy atom. The molecule has 0 radical (unpaired) electrons. The minimum Gasteiger partial charge on any atom is -0.465 e. The quantitative estimate of drug-likeness (QED) is 0.323. The van der Waals surface area contributed by atoms with Crippen molar-refractivity contribution in [3.63, 3.8) is 0 Å². The molecule has 4 nitrogen and oxygen atoms in total. The van der Waals surface area contributed by atoms with E-state index in [0.29, 0.717) is 6.42 Å². The van der Waals surface area contributed by atoms with Gasteiger partial charge in [-0.05, 0) is 20.3 Å². The second-order valence-corrected chi connectivity index (χ2v) is 3.61. The predicted octanol–water partition coefficient (Wildman–Crippen LogP) is 1.55. The third-order valence-electron chi connectivity index (χ3n) is 1.54. The monoisotopic (exact) mass is 314 g/mol. The van der Waals surface area contributed by atoms with E-state index < -0.39 is 17.9 Å². The van der Waals surface area contributed by atoms with E-state index in [-0.39, 0.29) is 13.2 Å². The summed E-state index contributed by atoms with van der Waals surface area (Å²) in [4.78, 5) is 22.6. The van der Waals surface area contributed by atoms with Crippen LogP contribution in [0, 0.1) is 5.92 Å². The first-order valence-corrected chi connectivity index (χ1v) is 6.09. The van der Waals surface area contributed by atoms with Crippen molar-refractivity contribution < 1.29 is 19.1 Å². The smallest absolute Gasteiger partial charge is 0.320 e. The summed E-state index contributed by atoms with van der Waals surface area (Å²) in [6.07, 6.45) is 0.470. The number of ether oxygens (including phenoxy) is 2. The zero-order valence-corrected chi connectivity index (χ0v) is 10.6. The number of alkyl halides is 1. The third-order valence-corrected chi connectivity index (χ3v) is 2.16. The highest BCUT2D eigenvalue weighted by atomic mass is 127. The molecule has 0 atom stereocenters. The van der Waals surface area contributed by atoms with E-state index in [1.807, 2.05) is 0 Å². The molecule has 0 aliphatic rings. The number of halogens is 1. The van der Waals surface area contributed by atoms with Crippen molar-refractivity contribution in [1.82, 2.24) is 0 Å². The third kappa shape index (κ3) is 4.78. The van der Waals surface area contributed by atoms with Crippen LogP contribution < -0.4 is 0 Å². The van der Waals surface area contributed by atoms with Gasteiger partial charge >= 0.3 is 11.9 Å². The molecule has 0 aromatic carbocycles. The van der Waals surface area contributed by atoms with E-state index in [2.05, 4.69) is 22.6 Å². The van der Waals surface area contributed by atoms with Crippen molar-refractivity contribution in [2.24, 2.45) is 5.92 Å². The van der Waals surface area contributed by atoms with E-state index in [4.69, 9.17) is 9.47 Å². The lowest BCUT2D eigenvalue weighted by Crippen LogP contribution is -2.28. The van der Waals surface area contributed by atoms with E-state index in [1.165, 1.54) is 0 Å². The SMILES string of the molecule is CCOC(=O)C(CCI)C(=O)OCC. The lowest BCUT2D eigenvalue weighted by atomic mass is 10.1. The van der Waals surface area contributed by atoms with Gasteiger partial charge in [0.25, 0.3) is 0 Å². The molecule has 0 rings (SSSR count). The maximum absolute atomic E-state index is 11.3. The van der Waals surface area contributed by atoms with Crippen LogP contribution in [0.4, 0.5) is 0 Å². The first-order chi connectivity index (χ1) is 6.67. The van der Waals surface area contributed by atoms with Crippen LogP contribution in [0.5, 0.6) is 0 Å². The maximum atomic E-state index is 11.3. The molecular weight excluding hydrogens is 299 g/mol. The molecule has 0 aliphatic heterocycles. The minimum absolute atomic E-state index is 0.288. The Kier molecular flexibility index (Phi) is 7.83. The van der Waals surface area contributed by atoms with E-state index in [9.17, 15) is 9.59 Å². The van der Waals surface area contributed by atoms with Crippen molar-refractivity contribution in [3.05, 3.63) is 0 Å². The fourth-order valence-electron chi connectivity index (χ4n) is 0.927. The molecule has 0 aromatic heterocycles.